The van der Waals surface area contributed by atoms with Crippen LogP contribution in [0.15, 0.2) is 60.8 Å². The molecule has 2 aromatic carbocycles. The fourth-order valence-corrected chi connectivity index (χ4v) is 1.46. The fraction of sp³-hybridized carbons (Fsp3) is 0. The zero-order valence-corrected chi connectivity index (χ0v) is 9.64. The molecule has 0 radical (unpaired) electrons. The van der Waals surface area contributed by atoms with E-state index in [2.05, 4.69) is 5.32 Å². The Labute approximate surface area is 105 Å². The minimum Gasteiger partial charge on any atom is -0.329 e. The summed E-state index contributed by atoms with van der Waals surface area (Å²) in [4.78, 5) is 11.7. The van der Waals surface area contributed by atoms with E-state index in [0.29, 0.717) is 5.56 Å². The number of halogens is 1. The van der Waals surface area contributed by atoms with Crippen molar-refractivity contribution in [1.29, 1.82) is 0 Å². The molecule has 0 heterocycles. The average Bonchev–Trinajstić information content (AvgIpc) is 2.42. The van der Waals surface area contributed by atoms with Crippen molar-refractivity contribution in [2.75, 3.05) is 0 Å². The summed E-state index contributed by atoms with van der Waals surface area (Å²) in [5.41, 5.74) is 1.42. The van der Waals surface area contributed by atoms with Crippen LogP contribution in [0.4, 0.5) is 4.39 Å². The molecule has 0 saturated heterocycles. The van der Waals surface area contributed by atoms with Crippen molar-refractivity contribution in [3.8, 4) is 0 Å². The van der Waals surface area contributed by atoms with Crippen LogP contribution < -0.4 is 5.32 Å². The van der Waals surface area contributed by atoms with Gasteiger partial charge in [0.1, 0.15) is 5.82 Å². The predicted molar refractivity (Wildman–Crippen MR) is 69.3 cm³/mol. The van der Waals surface area contributed by atoms with Crippen molar-refractivity contribution in [2.24, 2.45) is 0 Å². The van der Waals surface area contributed by atoms with E-state index < -0.39 is 0 Å². The smallest absolute Gasteiger partial charge is 0.255 e. The summed E-state index contributed by atoms with van der Waals surface area (Å²) < 4.78 is 12.7. The van der Waals surface area contributed by atoms with Gasteiger partial charge >= 0.3 is 0 Å². The van der Waals surface area contributed by atoms with Gasteiger partial charge in [0.25, 0.3) is 5.91 Å². The lowest BCUT2D eigenvalue weighted by Gasteiger charge is -1.99. The van der Waals surface area contributed by atoms with Gasteiger partial charge in [0.05, 0.1) is 0 Å². The van der Waals surface area contributed by atoms with E-state index in [4.69, 9.17) is 0 Å². The minimum atomic E-state index is -0.277. The Hall–Kier alpha value is -2.42. The highest BCUT2D eigenvalue weighted by Crippen LogP contribution is 2.04. The maximum atomic E-state index is 12.7. The molecule has 0 aliphatic carbocycles. The normalized spacial score (nSPS) is 10.5. The molecule has 0 fully saturated rings. The van der Waals surface area contributed by atoms with Crippen LogP contribution in [0.25, 0.3) is 6.08 Å². The Morgan fingerprint density at radius 1 is 1.00 bits per heavy atom. The molecule has 0 unspecified atom stereocenters. The van der Waals surface area contributed by atoms with E-state index >= 15 is 0 Å². The number of carbonyl (C=O) groups is 1. The zero-order valence-electron chi connectivity index (χ0n) is 9.64. The van der Waals surface area contributed by atoms with Crippen LogP contribution >= 0.6 is 0 Å². The summed E-state index contributed by atoms with van der Waals surface area (Å²) in [5.74, 6) is -0.450. The largest absolute Gasteiger partial charge is 0.329 e. The van der Waals surface area contributed by atoms with Gasteiger partial charge in [-0.1, -0.05) is 30.3 Å². The molecule has 2 rings (SSSR count). The maximum Gasteiger partial charge on any atom is 0.255 e. The number of carbonyl (C=O) groups excluding carboxylic acids is 1. The third-order valence-corrected chi connectivity index (χ3v) is 2.40. The Morgan fingerprint density at radius 2 is 1.67 bits per heavy atom. The van der Waals surface area contributed by atoms with Crippen LogP contribution in [-0.4, -0.2) is 5.91 Å². The molecule has 0 aliphatic heterocycles. The van der Waals surface area contributed by atoms with Gasteiger partial charge in [-0.3, -0.25) is 4.79 Å². The first-order valence-corrected chi connectivity index (χ1v) is 5.54. The minimum absolute atomic E-state index is 0.172. The standard InChI is InChI=1S/C15H12FNO/c16-14-8-6-12(7-9-14)10-11-17-15(18)13-4-2-1-3-5-13/h1-11H,(H,17,18)/b11-10-. The lowest BCUT2D eigenvalue weighted by Crippen LogP contribution is -2.16. The van der Waals surface area contributed by atoms with Gasteiger partial charge in [-0.25, -0.2) is 4.39 Å². The van der Waals surface area contributed by atoms with Crippen LogP contribution in [0, 0.1) is 5.82 Å². The highest BCUT2D eigenvalue weighted by atomic mass is 19.1. The Kier molecular flexibility index (Phi) is 3.86. The molecule has 2 nitrogen and oxygen atoms in total. The summed E-state index contributed by atoms with van der Waals surface area (Å²) in [5, 5.41) is 2.65. The van der Waals surface area contributed by atoms with Crippen LogP contribution in [-0.2, 0) is 0 Å². The lowest BCUT2D eigenvalue weighted by molar-refractivity contribution is 0.0970. The van der Waals surface area contributed by atoms with Crippen LogP contribution in [0.2, 0.25) is 0 Å². The summed E-state index contributed by atoms with van der Waals surface area (Å²) in [6, 6.07) is 15.0. The zero-order chi connectivity index (χ0) is 12.8. The van der Waals surface area contributed by atoms with Crippen molar-refractivity contribution >= 4 is 12.0 Å². The Bertz CT molecular complexity index is 546. The van der Waals surface area contributed by atoms with Crippen molar-refractivity contribution in [2.45, 2.75) is 0 Å². The van der Waals surface area contributed by atoms with E-state index in [-0.39, 0.29) is 11.7 Å². The van der Waals surface area contributed by atoms with Gasteiger partial charge in [-0.15, -0.1) is 0 Å². The molecule has 0 spiro atoms. The van der Waals surface area contributed by atoms with Gasteiger partial charge in [-0.2, -0.15) is 0 Å². The summed E-state index contributed by atoms with van der Waals surface area (Å²) in [7, 11) is 0. The summed E-state index contributed by atoms with van der Waals surface area (Å²) in [6.45, 7) is 0. The third-order valence-electron chi connectivity index (χ3n) is 2.40. The maximum absolute atomic E-state index is 12.7. The molecule has 0 atom stereocenters. The predicted octanol–water partition coefficient (Wildman–Crippen LogP) is 3.23. The van der Waals surface area contributed by atoms with E-state index in [1.165, 1.54) is 12.1 Å². The molecule has 18 heavy (non-hydrogen) atoms. The van der Waals surface area contributed by atoms with Crippen molar-refractivity contribution in [3.63, 3.8) is 0 Å². The number of rotatable bonds is 3. The fourth-order valence-electron chi connectivity index (χ4n) is 1.46. The first kappa shape index (κ1) is 12.0. The first-order chi connectivity index (χ1) is 8.75. The van der Waals surface area contributed by atoms with Gasteiger partial charge in [-0.05, 0) is 35.9 Å². The number of nitrogens with one attached hydrogen (secondary N) is 1. The second-order valence-corrected chi connectivity index (χ2v) is 3.72. The topological polar surface area (TPSA) is 29.1 Å². The molecule has 1 amide bonds. The van der Waals surface area contributed by atoms with E-state index in [1.54, 1.807) is 48.7 Å². The molecular formula is C15H12FNO. The highest BCUT2D eigenvalue weighted by molar-refractivity contribution is 5.95. The van der Waals surface area contributed by atoms with E-state index in [9.17, 15) is 9.18 Å². The van der Waals surface area contributed by atoms with E-state index in [1.807, 2.05) is 6.07 Å². The number of hydrogen-bond donors (Lipinski definition) is 1. The third kappa shape index (κ3) is 3.28. The van der Waals surface area contributed by atoms with Gasteiger partial charge in [0.2, 0.25) is 0 Å². The molecule has 2 aromatic rings. The van der Waals surface area contributed by atoms with Crippen LogP contribution in [0.3, 0.4) is 0 Å². The summed E-state index contributed by atoms with van der Waals surface area (Å²) in [6.07, 6.45) is 3.25. The van der Waals surface area contributed by atoms with Gasteiger partial charge < -0.3 is 5.32 Å². The SMILES string of the molecule is O=C(N/C=C\c1ccc(F)cc1)c1ccccc1. The molecule has 0 bridgehead atoms. The van der Waals surface area contributed by atoms with Gasteiger partial charge in [0, 0.05) is 11.8 Å². The van der Waals surface area contributed by atoms with Crippen LogP contribution in [0.1, 0.15) is 15.9 Å². The molecule has 0 aromatic heterocycles. The van der Waals surface area contributed by atoms with Gasteiger partial charge in [0.15, 0.2) is 0 Å². The van der Waals surface area contributed by atoms with E-state index in [0.717, 1.165) is 5.56 Å². The number of hydrogen-bond acceptors (Lipinski definition) is 1. The second-order valence-electron chi connectivity index (χ2n) is 3.72. The molecule has 3 heteroatoms. The Morgan fingerprint density at radius 3 is 2.33 bits per heavy atom. The van der Waals surface area contributed by atoms with Crippen molar-refractivity contribution in [1.82, 2.24) is 5.32 Å². The van der Waals surface area contributed by atoms with Crippen molar-refractivity contribution in [3.05, 3.63) is 77.7 Å². The molecule has 1 N–H and O–H groups in total. The molecule has 0 saturated carbocycles. The highest BCUT2D eigenvalue weighted by Gasteiger charge is 2.00. The Balaban J connectivity index is 1.96. The summed E-state index contributed by atoms with van der Waals surface area (Å²) >= 11 is 0. The van der Waals surface area contributed by atoms with Crippen LogP contribution in [0.5, 0.6) is 0 Å². The number of benzene rings is 2. The average molecular weight is 241 g/mol. The molecule has 90 valence electrons. The molecule has 0 aliphatic rings. The second kappa shape index (κ2) is 5.77. The number of amides is 1. The monoisotopic (exact) mass is 241 g/mol. The molecular weight excluding hydrogens is 229 g/mol. The quantitative estimate of drug-likeness (QED) is 0.878. The first-order valence-electron chi connectivity index (χ1n) is 5.54. The van der Waals surface area contributed by atoms with Crippen molar-refractivity contribution < 1.29 is 9.18 Å². The lowest BCUT2D eigenvalue weighted by atomic mass is 10.2.